The van der Waals surface area contributed by atoms with Crippen molar-refractivity contribution in [2.75, 3.05) is 39.8 Å². The highest BCUT2D eigenvalue weighted by molar-refractivity contribution is 6.30. The number of hydrogen-bond acceptors (Lipinski definition) is 6. The first-order valence-corrected chi connectivity index (χ1v) is 15.9. The average Bonchev–Trinajstić information content (AvgIpc) is 3.49. The molecule has 8 nitrogen and oxygen atoms in total. The van der Waals surface area contributed by atoms with Crippen molar-refractivity contribution in [1.82, 2.24) is 15.1 Å². The van der Waals surface area contributed by atoms with Crippen LogP contribution in [0.4, 0.5) is 0 Å². The first-order valence-electron chi connectivity index (χ1n) is 15.6. The first-order chi connectivity index (χ1) is 20.6. The molecule has 1 aliphatic heterocycles. The first kappa shape index (κ1) is 31.3. The summed E-state index contributed by atoms with van der Waals surface area (Å²) in [5, 5.41) is 3.47. The van der Waals surface area contributed by atoms with Gasteiger partial charge < -0.3 is 19.7 Å². The van der Waals surface area contributed by atoms with E-state index < -0.39 is 5.97 Å². The van der Waals surface area contributed by atoms with Crippen LogP contribution in [0.3, 0.4) is 0 Å². The van der Waals surface area contributed by atoms with Crippen LogP contribution in [0.5, 0.6) is 11.5 Å². The lowest BCUT2D eigenvalue weighted by molar-refractivity contribution is -0.134. The molecule has 1 heterocycles. The molecule has 2 amide bonds. The number of amides is 2. The van der Waals surface area contributed by atoms with Gasteiger partial charge in [0.2, 0.25) is 11.8 Å². The highest BCUT2D eigenvalue weighted by Crippen LogP contribution is 2.56. The second-order valence-corrected chi connectivity index (χ2v) is 13.4. The molecule has 2 atom stereocenters. The summed E-state index contributed by atoms with van der Waals surface area (Å²) in [6.45, 7) is 7.94. The lowest BCUT2D eigenvalue weighted by atomic mass is 9.81. The molecule has 5 rings (SSSR count). The van der Waals surface area contributed by atoms with E-state index in [1.54, 1.807) is 30.3 Å². The van der Waals surface area contributed by atoms with E-state index in [9.17, 15) is 14.4 Å². The molecule has 2 unspecified atom stereocenters. The Morgan fingerprint density at radius 2 is 1.72 bits per heavy atom. The summed E-state index contributed by atoms with van der Waals surface area (Å²) < 4.78 is 10.8. The van der Waals surface area contributed by atoms with Gasteiger partial charge in [-0.2, -0.15) is 0 Å². The van der Waals surface area contributed by atoms with E-state index in [1.807, 2.05) is 17.0 Å². The Balaban J connectivity index is 1.05. The van der Waals surface area contributed by atoms with Gasteiger partial charge in [0.15, 0.2) is 0 Å². The number of rotatable bonds is 10. The van der Waals surface area contributed by atoms with E-state index in [0.29, 0.717) is 48.1 Å². The number of ether oxygens (including phenoxy) is 2. The Morgan fingerprint density at radius 3 is 2.40 bits per heavy atom. The predicted octanol–water partition coefficient (Wildman–Crippen LogP) is 5.92. The third-order valence-corrected chi connectivity index (χ3v) is 9.82. The standard InChI is InChI=1S/C34H44ClN3O5/c1-4-23-12-26-18-34(2,19-27(26)13-23)20-31(39)36-21-32(40)38-10-8-37(9-11-38)22-24-14-28(35)17-30(15-24)43-29-7-5-6-25(16-29)33(41)42-3/h5-7,14-17,23,26-27H,4,8-13,18-22H2,1-3H3,(H,36,39). The molecular formula is C34H44ClN3O5. The van der Waals surface area contributed by atoms with E-state index in [2.05, 4.69) is 24.1 Å². The van der Waals surface area contributed by atoms with Crippen LogP contribution in [-0.2, 0) is 20.9 Å². The van der Waals surface area contributed by atoms with Crippen molar-refractivity contribution >= 4 is 29.4 Å². The number of nitrogens with zero attached hydrogens (tertiary/aromatic N) is 2. The quantitative estimate of drug-likeness (QED) is 0.336. The summed E-state index contributed by atoms with van der Waals surface area (Å²) in [5.74, 6) is 3.05. The van der Waals surface area contributed by atoms with E-state index >= 15 is 0 Å². The van der Waals surface area contributed by atoms with Gasteiger partial charge in [0, 0.05) is 44.2 Å². The molecule has 43 heavy (non-hydrogen) atoms. The molecule has 0 bridgehead atoms. The van der Waals surface area contributed by atoms with Crippen molar-refractivity contribution in [3.63, 3.8) is 0 Å². The second-order valence-electron chi connectivity index (χ2n) is 13.0. The number of carbonyl (C=O) groups is 3. The number of hydrogen-bond donors (Lipinski definition) is 1. The van der Waals surface area contributed by atoms with Gasteiger partial charge in [0.05, 0.1) is 19.2 Å². The highest BCUT2D eigenvalue weighted by atomic mass is 35.5. The molecule has 0 radical (unpaired) electrons. The smallest absolute Gasteiger partial charge is 0.337 e. The Labute approximate surface area is 260 Å². The molecule has 1 saturated heterocycles. The van der Waals surface area contributed by atoms with Crippen LogP contribution >= 0.6 is 11.6 Å². The lowest BCUT2D eigenvalue weighted by Crippen LogP contribution is -2.51. The molecule has 3 fully saturated rings. The molecule has 3 aliphatic rings. The van der Waals surface area contributed by atoms with Crippen molar-refractivity contribution < 1.29 is 23.9 Å². The predicted molar refractivity (Wildman–Crippen MR) is 166 cm³/mol. The number of carbonyl (C=O) groups excluding carboxylic acids is 3. The molecule has 1 N–H and O–H groups in total. The maximum absolute atomic E-state index is 12.9. The van der Waals surface area contributed by atoms with Gasteiger partial charge >= 0.3 is 5.97 Å². The van der Waals surface area contributed by atoms with Crippen molar-refractivity contribution in [1.29, 1.82) is 0 Å². The number of fused-ring (bicyclic) bond motifs is 1. The van der Waals surface area contributed by atoms with Crippen LogP contribution in [-0.4, -0.2) is 67.4 Å². The Kier molecular flexibility index (Phi) is 9.97. The topological polar surface area (TPSA) is 88.2 Å². The summed E-state index contributed by atoms with van der Waals surface area (Å²) in [6.07, 6.45) is 6.71. The molecule has 0 aromatic heterocycles. The minimum absolute atomic E-state index is 0.00231. The zero-order valence-corrected chi connectivity index (χ0v) is 26.3. The summed E-state index contributed by atoms with van der Waals surface area (Å²) in [6, 6.07) is 12.4. The zero-order chi connectivity index (χ0) is 30.6. The van der Waals surface area contributed by atoms with Gasteiger partial charge in [-0.1, -0.05) is 37.9 Å². The van der Waals surface area contributed by atoms with E-state index in [1.165, 1.54) is 26.4 Å². The molecule has 2 aromatic carbocycles. The largest absolute Gasteiger partial charge is 0.465 e. The van der Waals surface area contributed by atoms with E-state index in [0.717, 1.165) is 49.2 Å². The van der Waals surface area contributed by atoms with Gasteiger partial charge in [-0.3, -0.25) is 14.5 Å². The summed E-state index contributed by atoms with van der Waals surface area (Å²) in [7, 11) is 1.34. The molecular weight excluding hydrogens is 566 g/mol. The minimum Gasteiger partial charge on any atom is -0.465 e. The molecule has 232 valence electrons. The zero-order valence-electron chi connectivity index (χ0n) is 25.6. The molecule has 0 spiro atoms. The van der Waals surface area contributed by atoms with E-state index in [-0.39, 0.29) is 23.8 Å². The van der Waals surface area contributed by atoms with Crippen LogP contribution in [0.2, 0.25) is 5.02 Å². The molecule has 2 aliphatic carbocycles. The summed E-state index contributed by atoms with van der Waals surface area (Å²) in [5.41, 5.74) is 1.46. The fourth-order valence-corrected chi connectivity index (χ4v) is 7.77. The average molecular weight is 610 g/mol. The maximum Gasteiger partial charge on any atom is 0.337 e. The van der Waals surface area contributed by atoms with Crippen LogP contribution in [0, 0.1) is 23.2 Å². The van der Waals surface area contributed by atoms with Gasteiger partial charge in [-0.25, -0.2) is 4.79 Å². The van der Waals surface area contributed by atoms with Gasteiger partial charge in [0.1, 0.15) is 11.5 Å². The molecule has 2 saturated carbocycles. The summed E-state index contributed by atoms with van der Waals surface area (Å²) in [4.78, 5) is 41.6. The fraction of sp³-hybridized carbons (Fsp3) is 0.559. The lowest BCUT2D eigenvalue weighted by Gasteiger charge is -2.35. The van der Waals surface area contributed by atoms with Crippen molar-refractivity contribution in [2.45, 2.75) is 58.9 Å². The Hall–Kier alpha value is -3.10. The van der Waals surface area contributed by atoms with Gasteiger partial charge in [0.25, 0.3) is 0 Å². The number of methoxy groups -OCH3 is 1. The third-order valence-electron chi connectivity index (χ3n) is 9.60. The normalized spacial score (nSPS) is 25.3. The van der Waals surface area contributed by atoms with Crippen molar-refractivity contribution in [2.24, 2.45) is 23.2 Å². The number of halogens is 1. The number of esters is 1. The van der Waals surface area contributed by atoms with Crippen molar-refractivity contribution in [3.05, 3.63) is 58.6 Å². The van der Waals surface area contributed by atoms with Crippen molar-refractivity contribution in [3.8, 4) is 11.5 Å². The van der Waals surface area contributed by atoms with Crippen LogP contribution in [0.15, 0.2) is 42.5 Å². The SMILES string of the molecule is CCC1CC2CC(C)(CC(=O)NCC(=O)N3CCN(Cc4cc(Cl)cc(Oc5cccc(C(=O)OC)c5)c4)CC3)CC2C1. The van der Waals surface area contributed by atoms with Gasteiger partial charge in [-0.05, 0) is 90.8 Å². The number of benzene rings is 2. The second kappa shape index (κ2) is 13.7. The van der Waals surface area contributed by atoms with E-state index in [4.69, 9.17) is 21.1 Å². The molecule has 2 aromatic rings. The van der Waals surface area contributed by atoms with Crippen LogP contribution in [0.1, 0.15) is 68.3 Å². The third kappa shape index (κ3) is 8.09. The van der Waals surface area contributed by atoms with Crippen LogP contribution < -0.4 is 10.1 Å². The summed E-state index contributed by atoms with van der Waals surface area (Å²) >= 11 is 6.40. The maximum atomic E-state index is 12.9. The Morgan fingerprint density at radius 1 is 1.00 bits per heavy atom. The fourth-order valence-electron chi connectivity index (χ4n) is 7.53. The number of nitrogens with one attached hydrogen (secondary N) is 1. The molecule has 9 heteroatoms. The Bertz CT molecular complexity index is 1310. The minimum atomic E-state index is -0.428. The monoisotopic (exact) mass is 609 g/mol. The number of piperazine rings is 1. The van der Waals surface area contributed by atoms with Gasteiger partial charge in [-0.15, -0.1) is 0 Å². The van der Waals surface area contributed by atoms with Crippen LogP contribution in [0.25, 0.3) is 0 Å². The highest BCUT2D eigenvalue weighted by Gasteiger charge is 2.47.